The van der Waals surface area contributed by atoms with Crippen molar-refractivity contribution in [2.75, 3.05) is 0 Å². The molecule has 3 aromatic rings. The maximum Gasteiger partial charge on any atom is 0.433 e. The Morgan fingerprint density at radius 1 is 1.27 bits per heavy atom. The summed E-state index contributed by atoms with van der Waals surface area (Å²) in [5.74, 6) is -0.710. The number of carbonyl (C=O) groups excluding carboxylic acids is 1. The van der Waals surface area contributed by atoms with Gasteiger partial charge in [-0.15, -0.1) is 0 Å². The van der Waals surface area contributed by atoms with Crippen molar-refractivity contribution < 1.29 is 18.0 Å². The number of fused-ring (bicyclic) bond motifs is 2. The van der Waals surface area contributed by atoms with Gasteiger partial charge in [0.05, 0.1) is 11.2 Å². The minimum Gasteiger partial charge on any atom is -0.364 e. The molecule has 1 amide bonds. The summed E-state index contributed by atoms with van der Waals surface area (Å²) in [5, 5.41) is 4.76. The summed E-state index contributed by atoms with van der Waals surface area (Å²) in [5.41, 5.74) is 6.21. The van der Waals surface area contributed by atoms with Crippen molar-refractivity contribution in [1.82, 2.24) is 14.8 Å². The zero-order valence-corrected chi connectivity index (χ0v) is 13.5. The van der Waals surface area contributed by atoms with Crippen molar-refractivity contribution >= 4 is 16.8 Å². The van der Waals surface area contributed by atoms with Crippen LogP contribution in [0.2, 0.25) is 0 Å². The number of nitrogens with two attached hydrogens (primary N) is 1. The molecule has 8 heteroatoms. The molecular formula is C18H13F3N4O. The molecule has 26 heavy (non-hydrogen) atoms. The maximum absolute atomic E-state index is 13.3. The number of primary amides is 1. The monoisotopic (exact) mass is 358 g/mol. The number of nitrogens with zero attached hydrogens (tertiary/aromatic N) is 3. The van der Waals surface area contributed by atoms with E-state index in [0.29, 0.717) is 35.9 Å². The molecule has 0 bridgehead atoms. The lowest BCUT2D eigenvalue weighted by Gasteiger charge is -2.16. The smallest absolute Gasteiger partial charge is 0.364 e. The average molecular weight is 358 g/mol. The lowest BCUT2D eigenvalue weighted by Crippen LogP contribution is -2.15. The Morgan fingerprint density at radius 2 is 2.04 bits per heavy atom. The van der Waals surface area contributed by atoms with Gasteiger partial charge in [0.25, 0.3) is 5.91 Å². The van der Waals surface area contributed by atoms with Crippen molar-refractivity contribution in [2.24, 2.45) is 5.73 Å². The summed E-state index contributed by atoms with van der Waals surface area (Å²) >= 11 is 0. The molecule has 0 atom stereocenters. The molecule has 2 heterocycles. The van der Waals surface area contributed by atoms with E-state index in [9.17, 15) is 18.0 Å². The molecule has 2 aromatic heterocycles. The molecule has 0 saturated heterocycles. The van der Waals surface area contributed by atoms with Gasteiger partial charge in [-0.1, -0.05) is 18.2 Å². The van der Waals surface area contributed by atoms with Crippen LogP contribution in [0.4, 0.5) is 13.2 Å². The van der Waals surface area contributed by atoms with Crippen LogP contribution in [-0.2, 0) is 19.0 Å². The minimum absolute atomic E-state index is 0.0710. The Morgan fingerprint density at radius 3 is 2.77 bits per heavy atom. The highest BCUT2D eigenvalue weighted by Gasteiger charge is 2.34. The number of alkyl halides is 3. The highest BCUT2D eigenvalue weighted by atomic mass is 19.4. The van der Waals surface area contributed by atoms with Crippen molar-refractivity contribution in [3.05, 3.63) is 59.4 Å². The molecule has 0 fully saturated rings. The first-order valence-corrected chi connectivity index (χ1v) is 7.95. The molecule has 0 unspecified atom stereocenters. The van der Waals surface area contributed by atoms with E-state index in [-0.39, 0.29) is 16.9 Å². The summed E-state index contributed by atoms with van der Waals surface area (Å²) in [6, 6.07) is 7.49. The fraction of sp³-hybridized carbons (Fsp3) is 0.222. The SMILES string of the molecule is NC(=O)c1nn(-c2cc(C(F)(F)F)nc3ccccc23)c2c1C[C]CC2. The number of para-hydroxylation sites is 1. The Kier molecular flexibility index (Phi) is 3.71. The zero-order chi connectivity index (χ0) is 18.5. The van der Waals surface area contributed by atoms with E-state index in [1.807, 2.05) is 0 Å². The minimum atomic E-state index is -4.60. The van der Waals surface area contributed by atoms with Crippen LogP contribution in [0.25, 0.3) is 16.6 Å². The van der Waals surface area contributed by atoms with Gasteiger partial charge in [0.15, 0.2) is 5.69 Å². The van der Waals surface area contributed by atoms with Gasteiger partial charge < -0.3 is 5.73 Å². The first-order valence-electron chi connectivity index (χ1n) is 7.95. The summed E-state index contributed by atoms with van der Waals surface area (Å²) in [6.45, 7) is 0. The molecule has 0 aliphatic heterocycles. The first kappa shape index (κ1) is 16.6. The summed E-state index contributed by atoms with van der Waals surface area (Å²) in [4.78, 5) is 15.5. The van der Waals surface area contributed by atoms with E-state index in [2.05, 4.69) is 16.5 Å². The Hall–Kier alpha value is -2.90. The molecule has 0 saturated carbocycles. The van der Waals surface area contributed by atoms with E-state index in [4.69, 9.17) is 5.73 Å². The van der Waals surface area contributed by atoms with Crippen LogP contribution in [0.1, 0.15) is 33.9 Å². The van der Waals surface area contributed by atoms with Crippen molar-refractivity contribution in [3.8, 4) is 5.69 Å². The number of aromatic nitrogens is 3. The van der Waals surface area contributed by atoms with Gasteiger partial charge >= 0.3 is 6.18 Å². The second kappa shape index (κ2) is 5.82. The molecule has 2 N–H and O–H groups in total. The summed E-state index contributed by atoms with van der Waals surface area (Å²) < 4.78 is 41.3. The predicted octanol–water partition coefficient (Wildman–Crippen LogP) is 3.11. The van der Waals surface area contributed by atoms with E-state index >= 15 is 0 Å². The summed E-state index contributed by atoms with van der Waals surface area (Å²) in [6.07, 6.45) is 0.0673. The fourth-order valence-electron chi connectivity index (χ4n) is 3.22. The van der Waals surface area contributed by atoms with E-state index in [1.165, 1.54) is 10.7 Å². The van der Waals surface area contributed by atoms with Gasteiger partial charge in [0.1, 0.15) is 5.69 Å². The number of rotatable bonds is 2. The highest BCUT2D eigenvalue weighted by molar-refractivity contribution is 5.93. The lowest BCUT2D eigenvalue weighted by atomic mass is 9.95. The van der Waals surface area contributed by atoms with Crippen molar-refractivity contribution in [1.29, 1.82) is 0 Å². The second-order valence-electron chi connectivity index (χ2n) is 6.02. The van der Waals surface area contributed by atoms with Gasteiger partial charge in [-0.25, -0.2) is 9.67 Å². The molecule has 4 rings (SSSR count). The van der Waals surface area contributed by atoms with Gasteiger partial charge in [0, 0.05) is 16.6 Å². The van der Waals surface area contributed by atoms with Crippen molar-refractivity contribution in [2.45, 2.75) is 25.4 Å². The normalized spacial score (nSPS) is 14.4. The average Bonchev–Trinajstić information content (AvgIpc) is 3.00. The fourth-order valence-corrected chi connectivity index (χ4v) is 3.22. The number of amides is 1. The number of hydrogen-bond acceptors (Lipinski definition) is 3. The largest absolute Gasteiger partial charge is 0.433 e. The van der Waals surface area contributed by atoms with E-state index in [1.54, 1.807) is 18.2 Å². The molecule has 1 aliphatic rings. The molecule has 2 radical (unpaired) electrons. The molecule has 1 aliphatic carbocycles. The van der Waals surface area contributed by atoms with Gasteiger partial charge in [-0.05, 0) is 37.8 Å². The number of benzene rings is 1. The van der Waals surface area contributed by atoms with Gasteiger partial charge in [-0.3, -0.25) is 4.79 Å². The second-order valence-corrected chi connectivity index (χ2v) is 6.02. The van der Waals surface area contributed by atoms with Crippen LogP contribution in [0.5, 0.6) is 0 Å². The number of pyridine rings is 1. The van der Waals surface area contributed by atoms with E-state index < -0.39 is 17.8 Å². The topological polar surface area (TPSA) is 73.8 Å². The van der Waals surface area contributed by atoms with Crippen LogP contribution in [0.15, 0.2) is 30.3 Å². The summed E-state index contributed by atoms with van der Waals surface area (Å²) in [7, 11) is 0. The third-order valence-electron chi connectivity index (χ3n) is 4.38. The van der Waals surface area contributed by atoms with Gasteiger partial charge in [0.2, 0.25) is 0 Å². The zero-order valence-electron chi connectivity index (χ0n) is 13.5. The van der Waals surface area contributed by atoms with Crippen LogP contribution in [0.3, 0.4) is 0 Å². The molecular weight excluding hydrogens is 345 g/mol. The van der Waals surface area contributed by atoms with Crippen molar-refractivity contribution in [3.63, 3.8) is 0 Å². The molecule has 132 valence electrons. The van der Waals surface area contributed by atoms with Gasteiger partial charge in [-0.2, -0.15) is 18.3 Å². The number of halogens is 3. The Balaban J connectivity index is 2.04. The third kappa shape index (κ3) is 2.61. The number of carbonyl (C=O) groups is 1. The predicted molar refractivity (Wildman–Crippen MR) is 87.7 cm³/mol. The quantitative estimate of drug-likeness (QED) is 0.765. The van der Waals surface area contributed by atoms with E-state index in [0.717, 1.165) is 6.07 Å². The standard InChI is InChI=1S/C18H13F3N4O/c19-18(20,21)15-9-14(10-5-1-3-7-12(10)23-15)25-13-8-4-2-6-11(13)16(24-25)17(22)26/h1,3,5,7,9H,4,6,8H2,(H2,22,26). The molecule has 0 spiro atoms. The van der Waals surface area contributed by atoms with Crippen LogP contribution < -0.4 is 5.73 Å². The van der Waals surface area contributed by atoms with Crippen LogP contribution in [-0.4, -0.2) is 20.7 Å². The third-order valence-corrected chi connectivity index (χ3v) is 4.38. The first-order chi connectivity index (χ1) is 12.4. The Labute approximate surface area is 146 Å². The maximum atomic E-state index is 13.3. The highest BCUT2D eigenvalue weighted by Crippen LogP contribution is 2.34. The molecule has 1 aromatic carbocycles. The van der Waals surface area contributed by atoms with Crippen LogP contribution >= 0.6 is 0 Å². The number of hydrogen-bond donors (Lipinski definition) is 1. The molecule has 5 nitrogen and oxygen atoms in total. The lowest BCUT2D eigenvalue weighted by molar-refractivity contribution is -0.140. The van der Waals surface area contributed by atoms with Crippen LogP contribution in [0, 0.1) is 6.42 Å². The Bertz CT molecular complexity index is 1020.